The van der Waals surface area contributed by atoms with Gasteiger partial charge in [-0.1, -0.05) is 26.7 Å². The highest BCUT2D eigenvalue weighted by atomic mass is 19.4. The predicted molar refractivity (Wildman–Crippen MR) is 71.9 cm³/mol. The Balaban J connectivity index is 2.36. The molecule has 0 amide bonds. The zero-order valence-electron chi connectivity index (χ0n) is 11.9. The van der Waals surface area contributed by atoms with E-state index in [9.17, 15) is 13.2 Å². The van der Waals surface area contributed by atoms with Crippen LogP contribution in [0.3, 0.4) is 0 Å². The Hall–Kier alpha value is -1.10. The van der Waals surface area contributed by atoms with E-state index >= 15 is 0 Å². The molecule has 2 unspecified atom stereocenters. The van der Waals surface area contributed by atoms with Gasteiger partial charge in [0.05, 0.1) is 5.56 Å². The Bertz CT molecular complexity index is 468. The molecule has 20 heavy (non-hydrogen) atoms. The van der Waals surface area contributed by atoms with E-state index in [1.165, 1.54) is 12.4 Å². The van der Waals surface area contributed by atoms with Gasteiger partial charge in [0.1, 0.15) is 0 Å². The molecule has 2 atom stereocenters. The van der Waals surface area contributed by atoms with Crippen LogP contribution in [-0.2, 0) is 6.18 Å². The third-order valence-electron chi connectivity index (χ3n) is 4.54. The van der Waals surface area contributed by atoms with Gasteiger partial charge in [0.15, 0.2) is 0 Å². The van der Waals surface area contributed by atoms with Crippen molar-refractivity contribution in [3.05, 3.63) is 29.6 Å². The molecule has 2 nitrogen and oxygen atoms in total. The fourth-order valence-electron chi connectivity index (χ4n) is 3.33. The van der Waals surface area contributed by atoms with Crippen molar-refractivity contribution in [3.63, 3.8) is 0 Å². The molecule has 112 valence electrons. The van der Waals surface area contributed by atoms with Crippen molar-refractivity contribution >= 4 is 0 Å². The highest BCUT2D eigenvalue weighted by molar-refractivity contribution is 5.30. The van der Waals surface area contributed by atoms with Crippen molar-refractivity contribution in [2.75, 3.05) is 0 Å². The molecule has 1 aliphatic carbocycles. The number of nitrogens with two attached hydrogens (primary N) is 1. The lowest BCUT2D eigenvalue weighted by Gasteiger charge is -2.42. The predicted octanol–water partition coefficient (Wildman–Crippen LogP) is 4.32. The van der Waals surface area contributed by atoms with Gasteiger partial charge in [-0.05, 0) is 35.8 Å². The summed E-state index contributed by atoms with van der Waals surface area (Å²) in [7, 11) is 0. The lowest BCUT2D eigenvalue weighted by molar-refractivity contribution is -0.138. The van der Waals surface area contributed by atoms with Crippen LogP contribution in [0, 0.1) is 11.3 Å². The van der Waals surface area contributed by atoms with Gasteiger partial charge in [-0.2, -0.15) is 13.2 Å². The van der Waals surface area contributed by atoms with Gasteiger partial charge < -0.3 is 5.73 Å². The molecule has 0 spiro atoms. The van der Waals surface area contributed by atoms with Gasteiger partial charge in [-0.3, -0.25) is 4.98 Å². The topological polar surface area (TPSA) is 38.9 Å². The molecule has 2 N–H and O–H groups in total. The average Bonchev–Trinajstić information content (AvgIpc) is 2.36. The van der Waals surface area contributed by atoms with E-state index in [1.54, 1.807) is 0 Å². The van der Waals surface area contributed by atoms with Crippen LogP contribution in [0.15, 0.2) is 18.5 Å². The molecule has 1 aromatic heterocycles. The molecule has 0 bridgehead atoms. The van der Waals surface area contributed by atoms with Crippen molar-refractivity contribution in [2.24, 2.45) is 17.1 Å². The number of alkyl halides is 3. The van der Waals surface area contributed by atoms with E-state index < -0.39 is 17.8 Å². The van der Waals surface area contributed by atoms with Crippen molar-refractivity contribution < 1.29 is 13.2 Å². The fraction of sp³-hybridized carbons (Fsp3) is 0.667. The zero-order valence-corrected chi connectivity index (χ0v) is 11.9. The summed E-state index contributed by atoms with van der Waals surface area (Å²) in [5.74, 6) is 0.0570. The molecule has 1 aromatic rings. The summed E-state index contributed by atoms with van der Waals surface area (Å²) in [5, 5.41) is 0. The van der Waals surface area contributed by atoms with E-state index in [-0.39, 0.29) is 16.9 Å². The summed E-state index contributed by atoms with van der Waals surface area (Å²) in [6.45, 7) is 4.20. The third-order valence-corrected chi connectivity index (χ3v) is 4.54. The van der Waals surface area contributed by atoms with Crippen molar-refractivity contribution in [1.29, 1.82) is 0 Å². The largest absolute Gasteiger partial charge is 0.416 e. The number of pyridine rings is 1. The minimum Gasteiger partial charge on any atom is -0.324 e. The molecule has 0 aromatic carbocycles. The minimum atomic E-state index is -4.38. The summed E-state index contributed by atoms with van der Waals surface area (Å²) in [4.78, 5) is 3.84. The van der Waals surface area contributed by atoms with Crippen LogP contribution in [0.2, 0.25) is 0 Å². The monoisotopic (exact) mass is 286 g/mol. The maximum Gasteiger partial charge on any atom is 0.416 e. The van der Waals surface area contributed by atoms with E-state index in [1.807, 2.05) is 0 Å². The quantitative estimate of drug-likeness (QED) is 0.879. The maximum absolute atomic E-state index is 13.1. The first-order valence-electron chi connectivity index (χ1n) is 7.00. The Morgan fingerprint density at radius 1 is 1.35 bits per heavy atom. The van der Waals surface area contributed by atoms with E-state index in [0.717, 1.165) is 31.7 Å². The van der Waals surface area contributed by atoms with Crippen LogP contribution >= 0.6 is 0 Å². The minimum absolute atomic E-state index is 0.0314. The molecular weight excluding hydrogens is 265 g/mol. The molecular formula is C15H21F3N2. The smallest absolute Gasteiger partial charge is 0.324 e. The van der Waals surface area contributed by atoms with Gasteiger partial charge >= 0.3 is 6.18 Å². The highest BCUT2D eigenvalue weighted by Gasteiger charge is 2.41. The molecule has 5 heteroatoms. The van der Waals surface area contributed by atoms with Crippen molar-refractivity contribution in [3.8, 4) is 0 Å². The Morgan fingerprint density at radius 2 is 2.05 bits per heavy atom. The first kappa shape index (κ1) is 15.3. The summed E-state index contributed by atoms with van der Waals surface area (Å²) >= 11 is 0. The third kappa shape index (κ3) is 2.97. The van der Waals surface area contributed by atoms with Gasteiger partial charge in [0.25, 0.3) is 0 Å². The lowest BCUT2D eigenvalue weighted by atomic mass is 9.65. The molecule has 2 rings (SSSR count). The van der Waals surface area contributed by atoms with Crippen molar-refractivity contribution in [1.82, 2.24) is 4.98 Å². The fourth-order valence-corrected chi connectivity index (χ4v) is 3.33. The van der Waals surface area contributed by atoms with Crippen LogP contribution < -0.4 is 5.73 Å². The lowest BCUT2D eigenvalue weighted by Crippen LogP contribution is -2.37. The average molecular weight is 286 g/mol. The number of hydrogen-bond donors (Lipinski definition) is 1. The highest BCUT2D eigenvalue weighted by Crippen LogP contribution is 2.47. The summed E-state index contributed by atoms with van der Waals surface area (Å²) in [6.07, 6.45) is 2.10. The molecule has 1 fully saturated rings. The maximum atomic E-state index is 13.1. The van der Waals surface area contributed by atoms with Gasteiger partial charge in [-0.15, -0.1) is 0 Å². The summed E-state index contributed by atoms with van der Waals surface area (Å²) in [5.41, 5.74) is 5.64. The number of nitrogens with zero attached hydrogens (tertiary/aromatic N) is 1. The summed E-state index contributed by atoms with van der Waals surface area (Å²) < 4.78 is 39.3. The Kier molecular flexibility index (Phi) is 4.09. The number of hydrogen-bond acceptors (Lipinski definition) is 2. The molecule has 1 heterocycles. The van der Waals surface area contributed by atoms with Crippen LogP contribution in [0.1, 0.15) is 56.7 Å². The zero-order chi connectivity index (χ0) is 15.0. The second-order valence-corrected chi connectivity index (χ2v) is 6.33. The first-order chi connectivity index (χ1) is 9.23. The van der Waals surface area contributed by atoms with E-state index in [0.29, 0.717) is 0 Å². The molecule has 0 aliphatic heterocycles. The summed E-state index contributed by atoms with van der Waals surface area (Å²) in [6, 6.07) is 0.404. The molecule has 0 radical (unpaired) electrons. The van der Waals surface area contributed by atoms with Crippen LogP contribution in [0.5, 0.6) is 0 Å². The van der Waals surface area contributed by atoms with Gasteiger partial charge in [0.2, 0.25) is 0 Å². The first-order valence-corrected chi connectivity index (χ1v) is 7.00. The van der Waals surface area contributed by atoms with Crippen LogP contribution in [0.4, 0.5) is 13.2 Å². The molecule has 0 saturated heterocycles. The number of rotatable bonds is 2. The standard InChI is InChI=1S/C15H21F3N2/c1-14(2)7-4-3-5-12(14)13(19)10-9-20-8-6-11(10)15(16,17)18/h6,8-9,12-13H,3-5,7,19H2,1-2H3. The van der Waals surface area contributed by atoms with Gasteiger partial charge in [-0.25, -0.2) is 0 Å². The second-order valence-electron chi connectivity index (χ2n) is 6.33. The van der Waals surface area contributed by atoms with E-state index in [2.05, 4.69) is 18.8 Å². The van der Waals surface area contributed by atoms with Gasteiger partial charge in [0, 0.05) is 18.4 Å². The number of halogens is 3. The normalized spacial score (nSPS) is 24.4. The molecule has 1 saturated carbocycles. The number of aromatic nitrogens is 1. The second kappa shape index (κ2) is 5.35. The molecule has 1 aliphatic rings. The Labute approximate surface area is 117 Å². The van der Waals surface area contributed by atoms with E-state index in [4.69, 9.17) is 5.73 Å². The van der Waals surface area contributed by atoms with Crippen molar-refractivity contribution in [2.45, 2.75) is 51.7 Å². The Morgan fingerprint density at radius 3 is 2.65 bits per heavy atom. The van der Waals surface area contributed by atoms with Crippen LogP contribution in [0.25, 0.3) is 0 Å². The van der Waals surface area contributed by atoms with Crippen LogP contribution in [-0.4, -0.2) is 4.98 Å². The SMILES string of the molecule is CC1(C)CCCCC1C(N)c1cnccc1C(F)(F)F.